The van der Waals surface area contributed by atoms with Gasteiger partial charge in [-0.1, -0.05) is 41.9 Å². The Balaban J connectivity index is 0.00000225. The topological polar surface area (TPSA) is 64.8 Å². The summed E-state index contributed by atoms with van der Waals surface area (Å²) >= 11 is 6.19. The molecular formula is C18H20Cl2N2O3. The summed E-state index contributed by atoms with van der Waals surface area (Å²) < 4.78 is 10.6. The first-order chi connectivity index (χ1) is 11.7. The summed E-state index contributed by atoms with van der Waals surface area (Å²) in [5, 5.41) is 0.381. The first-order valence-electron chi connectivity index (χ1n) is 7.81. The first-order valence-corrected chi connectivity index (χ1v) is 8.19. The molecule has 2 N–H and O–H groups in total. The minimum absolute atomic E-state index is 0. The monoisotopic (exact) mass is 382 g/mol. The summed E-state index contributed by atoms with van der Waals surface area (Å²) in [4.78, 5) is 14.7. The van der Waals surface area contributed by atoms with Crippen molar-refractivity contribution in [1.29, 1.82) is 0 Å². The zero-order valence-electron chi connectivity index (χ0n) is 13.6. The van der Waals surface area contributed by atoms with E-state index in [2.05, 4.69) is 0 Å². The van der Waals surface area contributed by atoms with Crippen molar-refractivity contribution in [3.05, 3.63) is 58.6 Å². The maximum absolute atomic E-state index is 12.9. The SMILES string of the molecule is Cl.NCCCN(Cc1ccccc1)C(=O)c1cc(Cl)c2c(c1)OCO2. The van der Waals surface area contributed by atoms with Crippen molar-refractivity contribution in [2.75, 3.05) is 19.9 Å². The van der Waals surface area contributed by atoms with Gasteiger partial charge in [-0.2, -0.15) is 0 Å². The van der Waals surface area contributed by atoms with Crippen LogP contribution in [0.1, 0.15) is 22.3 Å². The highest BCUT2D eigenvalue weighted by atomic mass is 35.5. The van der Waals surface area contributed by atoms with Gasteiger partial charge in [-0.3, -0.25) is 4.79 Å². The van der Waals surface area contributed by atoms with Crippen LogP contribution in [0.3, 0.4) is 0 Å². The predicted octanol–water partition coefficient (Wildman–Crippen LogP) is 3.48. The van der Waals surface area contributed by atoms with E-state index in [1.807, 2.05) is 30.3 Å². The molecule has 0 bridgehead atoms. The normalized spacial score (nSPS) is 11.8. The molecule has 0 saturated carbocycles. The lowest BCUT2D eigenvalue weighted by Crippen LogP contribution is -2.32. The van der Waals surface area contributed by atoms with Crippen LogP contribution in [0, 0.1) is 0 Å². The lowest BCUT2D eigenvalue weighted by Gasteiger charge is -2.23. The largest absolute Gasteiger partial charge is 0.454 e. The van der Waals surface area contributed by atoms with E-state index in [0.717, 1.165) is 12.0 Å². The standard InChI is InChI=1S/C18H19ClN2O3.ClH/c19-15-9-14(10-16-17(15)24-12-23-16)18(22)21(8-4-7-20)11-13-5-2-1-3-6-13;/h1-3,5-6,9-10H,4,7-8,11-12,20H2;1H. The summed E-state index contributed by atoms with van der Waals surface area (Å²) in [6.07, 6.45) is 0.733. The highest BCUT2D eigenvalue weighted by Crippen LogP contribution is 2.40. The van der Waals surface area contributed by atoms with Crippen LogP contribution < -0.4 is 15.2 Å². The third kappa shape index (κ3) is 4.57. The zero-order chi connectivity index (χ0) is 16.9. The molecule has 0 radical (unpaired) electrons. The van der Waals surface area contributed by atoms with Gasteiger partial charge in [0.25, 0.3) is 5.91 Å². The highest BCUT2D eigenvalue weighted by molar-refractivity contribution is 6.32. The zero-order valence-corrected chi connectivity index (χ0v) is 15.2. The molecule has 2 aromatic carbocycles. The van der Waals surface area contributed by atoms with Crippen LogP contribution in [0.4, 0.5) is 0 Å². The van der Waals surface area contributed by atoms with E-state index >= 15 is 0 Å². The number of ether oxygens (including phenoxy) is 2. The number of carbonyl (C=O) groups excluding carboxylic acids is 1. The molecule has 3 rings (SSSR count). The van der Waals surface area contributed by atoms with Crippen molar-refractivity contribution in [3.63, 3.8) is 0 Å². The second kappa shape index (κ2) is 8.94. The van der Waals surface area contributed by atoms with Crippen molar-refractivity contribution in [2.45, 2.75) is 13.0 Å². The lowest BCUT2D eigenvalue weighted by atomic mass is 10.1. The molecule has 0 atom stereocenters. The molecule has 134 valence electrons. The Morgan fingerprint density at radius 3 is 2.68 bits per heavy atom. The number of hydrogen-bond donors (Lipinski definition) is 1. The highest BCUT2D eigenvalue weighted by Gasteiger charge is 2.23. The minimum atomic E-state index is -0.104. The molecule has 0 spiro atoms. The van der Waals surface area contributed by atoms with Gasteiger partial charge in [0.05, 0.1) is 5.02 Å². The van der Waals surface area contributed by atoms with Gasteiger partial charge in [0.15, 0.2) is 11.5 Å². The van der Waals surface area contributed by atoms with Gasteiger partial charge < -0.3 is 20.1 Å². The Labute approximate surface area is 158 Å². The third-order valence-corrected chi connectivity index (χ3v) is 4.09. The molecule has 0 aromatic heterocycles. The van der Waals surface area contributed by atoms with Crippen molar-refractivity contribution < 1.29 is 14.3 Å². The average molecular weight is 383 g/mol. The number of halogens is 2. The Kier molecular flexibility index (Phi) is 6.93. The number of fused-ring (bicyclic) bond motifs is 1. The molecule has 1 amide bonds. The van der Waals surface area contributed by atoms with Crippen LogP contribution in [-0.4, -0.2) is 30.7 Å². The van der Waals surface area contributed by atoms with Crippen LogP contribution >= 0.6 is 24.0 Å². The van der Waals surface area contributed by atoms with Crippen molar-refractivity contribution in [1.82, 2.24) is 4.90 Å². The van der Waals surface area contributed by atoms with Crippen molar-refractivity contribution >= 4 is 29.9 Å². The first kappa shape index (κ1) is 19.4. The van der Waals surface area contributed by atoms with E-state index < -0.39 is 0 Å². The van der Waals surface area contributed by atoms with E-state index in [4.69, 9.17) is 26.8 Å². The molecule has 1 aliphatic rings. The fraction of sp³-hybridized carbons (Fsp3) is 0.278. The van der Waals surface area contributed by atoms with Gasteiger partial charge >= 0.3 is 0 Å². The van der Waals surface area contributed by atoms with E-state index in [0.29, 0.717) is 41.7 Å². The summed E-state index contributed by atoms with van der Waals surface area (Å²) in [5.41, 5.74) is 7.16. The summed E-state index contributed by atoms with van der Waals surface area (Å²) in [6.45, 7) is 1.75. The van der Waals surface area contributed by atoms with Crippen molar-refractivity contribution in [3.8, 4) is 11.5 Å². The number of nitrogens with two attached hydrogens (primary N) is 1. The molecule has 1 heterocycles. The van der Waals surface area contributed by atoms with E-state index in [1.54, 1.807) is 17.0 Å². The molecule has 0 aliphatic carbocycles. The van der Waals surface area contributed by atoms with Gasteiger partial charge in [0.1, 0.15) is 0 Å². The number of benzene rings is 2. The summed E-state index contributed by atoms with van der Waals surface area (Å²) in [6, 6.07) is 13.2. The number of amides is 1. The van der Waals surface area contributed by atoms with Gasteiger partial charge in [-0.15, -0.1) is 12.4 Å². The lowest BCUT2D eigenvalue weighted by molar-refractivity contribution is 0.0742. The number of hydrogen-bond acceptors (Lipinski definition) is 4. The van der Waals surface area contributed by atoms with Crippen LogP contribution in [0.25, 0.3) is 0 Å². The summed E-state index contributed by atoms with van der Waals surface area (Å²) in [5.74, 6) is 0.890. The van der Waals surface area contributed by atoms with E-state index in [9.17, 15) is 4.79 Å². The van der Waals surface area contributed by atoms with Gasteiger partial charge in [0, 0.05) is 18.7 Å². The number of rotatable bonds is 6. The van der Waals surface area contributed by atoms with Gasteiger partial charge in [0.2, 0.25) is 6.79 Å². The van der Waals surface area contributed by atoms with Crippen LogP contribution in [0.2, 0.25) is 5.02 Å². The van der Waals surface area contributed by atoms with E-state index in [-0.39, 0.29) is 25.1 Å². The molecule has 0 fully saturated rings. The van der Waals surface area contributed by atoms with Crippen LogP contribution in [0.15, 0.2) is 42.5 Å². The predicted molar refractivity (Wildman–Crippen MR) is 99.7 cm³/mol. The van der Waals surface area contributed by atoms with Gasteiger partial charge in [-0.05, 0) is 30.7 Å². The Morgan fingerprint density at radius 2 is 1.96 bits per heavy atom. The van der Waals surface area contributed by atoms with Gasteiger partial charge in [-0.25, -0.2) is 0 Å². The fourth-order valence-corrected chi connectivity index (χ4v) is 2.88. The quantitative estimate of drug-likeness (QED) is 0.830. The molecule has 0 unspecified atom stereocenters. The smallest absolute Gasteiger partial charge is 0.254 e. The van der Waals surface area contributed by atoms with Crippen LogP contribution in [0.5, 0.6) is 11.5 Å². The number of carbonyl (C=O) groups is 1. The molecule has 1 aliphatic heterocycles. The maximum Gasteiger partial charge on any atom is 0.254 e. The second-order valence-corrected chi connectivity index (χ2v) is 5.95. The Hall–Kier alpha value is -1.95. The summed E-state index contributed by atoms with van der Waals surface area (Å²) in [7, 11) is 0. The third-order valence-electron chi connectivity index (χ3n) is 3.81. The molecule has 0 saturated heterocycles. The minimum Gasteiger partial charge on any atom is -0.454 e. The molecule has 2 aromatic rings. The fourth-order valence-electron chi connectivity index (χ4n) is 2.61. The number of nitrogens with zero attached hydrogens (tertiary/aromatic N) is 1. The van der Waals surface area contributed by atoms with E-state index in [1.165, 1.54) is 0 Å². The molecule has 25 heavy (non-hydrogen) atoms. The maximum atomic E-state index is 12.9. The Bertz CT molecular complexity index is 726. The molecular weight excluding hydrogens is 363 g/mol. The molecule has 7 heteroatoms. The van der Waals surface area contributed by atoms with Crippen LogP contribution in [-0.2, 0) is 6.54 Å². The van der Waals surface area contributed by atoms with Crippen molar-refractivity contribution in [2.24, 2.45) is 5.73 Å². The Morgan fingerprint density at radius 1 is 1.20 bits per heavy atom. The second-order valence-electron chi connectivity index (χ2n) is 5.55. The average Bonchev–Trinajstić information content (AvgIpc) is 3.08. The molecule has 5 nitrogen and oxygen atoms in total.